The van der Waals surface area contributed by atoms with Gasteiger partial charge in [-0.1, -0.05) is 54.0 Å². The number of carbonyl (C=O) groups excluding carboxylic acids is 2. The number of benzene rings is 2. The number of thioether (sulfide) groups is 2. The minimum Gasteiger partial charge on any atom is -0.333 e. The fourth-order valence-electron chi connectivity index (χ4n) is 4.68. The van der Waals surface area contributed by atoms with E-state index in [9.17, 15) is 14.0 Å². The molecular formula is C24H17FN4O2S3. The number of nitrogens with zero attached hydrogens (tertiary/aromatic N) is 2. The summed E-state index contributed by atoms with van der Waals surface area (Å²) in [6.07, 6.45) is 1.99. The van der Waals surface area contributed by atoms with Crippen molar-refractivity contribution in [2.75, 3.05) is 10.7 Å². The molecule has 6 nitrogen and oxygen atoms in total. The van der Waals surface area contributed by atoms with Crippen LogP contribution in [0.4, 0.5) is 10.1 Å². The van der Waals surface area contributed by atoms with E-state index in [1.165, 1.54) is 23.9 Å². The van der Waals surface area contributed by atoms with Crippen LogP contribution in [0, 0.1) is 5.82 Å². The van der Waals surface area contributed by atoms with Gasteiger partial charge in [0.05, 0.1) is 32.7 Å². The van der Waals surface area contributed by atoms with Gasteiger partial charge in [0.25, 0.3) is 11.8 Å². The molecule has 3 aliphatic rings. The van der Waals surface area contributed by atoms with Gasteiger partial charge in [-0.2, -0.15) is 0 Å². The van der Waals surface area contributed by atoms with Crippen LogP contribution in [0.5, 0.6) is 0 Å². The molecule has 3 aromatic rings. The van der Waals surface area contributed by atoms with Crippen molar-refractivity contribution in [3.8, 4) is 0 Å². The van der Waals surface area contributed by atoms with Gasteiger partial charge in [-0.05, 0) is 43.7 Å². The molecule has 2 N–H and O–H groups in total. The predicted octanol–water partition coefficient (Wildman–Crippen LogP) is 4.88. The number of anilines is 1. The number of nitrogens with one attached hydrogen (secondary N) is 2. The molecule has 0 spiro atoms. The van der Waals surface area contributed by atoms with Crippen LogP contribution in [0.1, 0.15) is 25.0 Å². The van der Waals surface area contributed by atoms with Crippen molar-refractivity contribution >= 4 is 79.7 Å². The maximum atomic E-state index is 14.9. The van der Waals surface area contributed by atoms with Crippen molar-refractivity contribution in [1.82, 2.24) is 15.3 Å². The number of hydrogen-bond acceptors (Lipinski definition) is 6. The molecule has 0 saturated carbocycles. The van der Waals surface area contributed by atoms with Crippen molar-refractivity contribution < 1.29 is 14.0 Å². The van der Waals surface area contributed by atoms with E-state index in [0.717, 1.165) is 33.5 Å². The zero-order valence-corrected chi connectivity index (χ0v) is 20.5. The monoisotopic (exact) mass is 508 g/mol. The highest BCUT2D eigenvalue weighted by Crippen LogP contribution is 2.52. The van der Waals surface area contributed by atoms with Gasteiger partial charge in [-0.25, -0.2) is 9.37 Å². The van der Waals surface area contributed by atoms with E-state index in [4.69, 9.17) is 12.2 Å². The number of halogens is 1. The number of para-hydroxylation sites is 2. The molecule has 3 aliphatic heterocycles. The topological polar surface area (TPSA) is 78.1 Å². The van der Waals surface area contributed by atoms with E-state index < -0.39 is 17.3 Å². The lowest BCUT2D eigenvalue weighted by molar-refractivity contribution is -0.116. The highest BCUT2D eigenvalue weighted by atomic mass is 32.2. The number of aromatic amines is 1. The minimum atomic E-state index is -0.678. The average Bonchev–Trinajstić information content (AvgIpc) is 3.42. The van der Waals surface area contributed by atoms with Crippen LogP contribution in [-0.4, -0.2) is 37.4 Å². The van der Waals surface area contributed by atoms with E-state index in [1.807, 2.05) is 44.2 Å². The van der Waals surface area contributed by atoms with Crippen molar-refractivity contribution in [2.24, 2.45) is 0 Å². The van der Waals surface area contributed by atoms with Gasteiger partial charge in [0.2, 0.25) is 0 Å². The second kappa shape index (κ2) is 7.53. The van der Waals surface area contributed by atoms with Crippen LogP contribution in [0.2, 0.25) is 0 Å². The summed E-state index contributed by atoms with van der Waals surface area (Å²) >= 11 is 7.67. The fourth-order valence-corrected chi connectivity index (χ4v) is 6.67. The Morgan fingerprint density at radius 3 is 2.71 bits per heavy atom. The number of fused-ring (bicyclic) bond motifs is 1. The molecule has 4 heterocycles. The number of amides is 2. The van der Waals surface area contributed by atoms with Gasteiger partial charge in [0.1, 0.15) is 10.1 Å². The van der Waals surface area contributed by atoms with Gasteiger partial charge in [0.15, 0.2) is 5.16 Å². The van der Waals surface area contributed by atoms with Crippen LogP contribution in [0.15, 0.2) is 52.5 Å². The van der Waals surface area contributed by atoms with Gasteiger partial charge in [0, 0.05) is 16.9 Å². The summed E-state index contributed by atoms with van der Waals surface area (Å²) in [5.74, 6) is -0.684. The Morgan fingerprint density at radius 1 is 1.21 bits per heavy atom. The molecule has 2 amide bonds. The molecule has 1 fully saturated rings. The number of imidazole rings is 1. The van der Waals surface area contributed by atoms with E-state index in [-0.39, 0.29) is 20.7 Å². The maximum Gasteiger partial charge on any atom is 0.264 e. The fraction of sp³-hybridized carbons (Fsp3) is 0.167. The minimum absolute atomic E-state index is 0.200. The van der Waals surface area contributed by atoms with Crippen molar-refractivity contribution in [3.05, 3.63) is 64.3 Å². The molecule has 0 unspecified atom stereocenters. The van der Waals surface area contributed by atoms with Crippen LogP contribution in [-0.2, 0) is 9.59 Å². The molecule has 10 heteroatoms. The molecular weight excluding hydrogens is 491 g/mol. The normalized spacial score (nSPS) is 20.7. The molecule has 170 valence electrons. The first kappa shape index (κ1) is 21.6. The first-order valence-corrected chi connectivity index (χ1v) is 12.7. The zero-order chi connectivity index (χ0) is 23.8. The first-order valence-electron chi connectivity index (χ1n) is 10.5. The summed E-state index contributed by atoms with van der Waals surface area (Å²) in [7, 11) is 0. The summed E-state index contributed by atoms with van der Waals surface area (Å²) < 4.78 is 15.1. The molecule has 0 radical (unpaired) electrons. The van der Waals surface area contributed by atoms with Gasteiger partial charge in [-0.15, -0.1) is 0 Å². The Labute approximate surface area is 208 Å². The summed E-state index contributed by atoms with van der Waals surface area (Å²) in [5.41, 5.74) is 3.96. The predicted molar refractivity (Wildman–Crippen MR) is 138 cm³/mol. The molecule has 1 saturated heterocycles. The number of aromatic nitrogens is 2. The Bertz CT molecular complexity index is 1490. The molecule has 6 rings (SSSR count). The van der Waals surface area contributed by atoms with Crippen LogP contribution >= 0.6 is 35.7 Å². The van der Waals surface area contributed by atoms with Gasteiger partial charge >= 0.3 is 0 Å². The largest absolute Gasteiger partial charge is 0.333 e. The third kappa shape index (κ3) is 3.24. The number of hydrogen-bond donors (Lipinski definition) is 2. The third-order valence-corrected chi connectivity index (χ3v) is 8.17. The molecule has 34 heavy (non-hydrogen) atoms. The van der Waals surface area contributed by atoms with E-state index >= 15 is 0 Å². The first-order chi connectivity index (χ1) is 16.2. The molecule has 0 atom stereocenters. The third-order valence-electron chi connectivity index (χ3n) is 6.01. The second-order valence-corrected chi connectivity index (χ2v) is 11.4. The lowest BCUT2D eigenvalue weighted by Crippen LogP contribution is -2.46. The van der Waals surface area contributed by atoms with E-state index in [2.05, 4.69) is 15.3 Å². The van der Waals surface area contributed by atoms with E-state index in [0.29, 0.717) is 22.6 Å². The smallest absolute Gasteiger partial charge is 0.264 e. The molecule has 1 aromatic heterocycles. The standard InChI is InChI=1S/C24H17FN4O2S3/c1-24(2)9-11(10-33-22-26-15-5-3-4-6-16(15)27-22)13-7-12(25)8-14-17(21(31)29(24)18(13)14)19-20(30)28-23(32)34-19/h3-9H,10H2,1-2H3,(H,26,27)(H,28,30,32)/b19-17-. The highest BCUT2D eigenvalue weighted by molar-refractivity contribution is 8.27. The summed E-state index contributed by atoms with van der Waals surface area (Å²) in [6, 6.07) is 10.6. The number of rotatable bonds is 3. The summed E-state index contributed by atoms with van der Waals surface area (Å²) in [6.45, 7) is 3.87. The second-order valence-electron chi connectivity index (χ2n) is 8.71. The number of thiocarbonyl (C=S) groups is 1. The Hall–Kier alpha value is -2.95. The van der Waals surface area contributed by atoms with Crippen LogP contribution < -0.4 is 10.2 Å². The van der Waals surface area contributed by atoms with Crippen LogP contribution in [0.25, 0.3) is 22.2 Å². The van der Waals surface area contributed by atoms with Crippen molar-refractivity contribution in [1.29, 1.82) is 0 Å². The summed E-state index contributed by atoms with van der Waals surface area (Å²) in [5, 5.41) is 3.32. The molecule has 0 bridgehead atoms. The lowest BCUT2D eigenvalue weighted by atomic mass is 9.89. The van der Waals surface area contributed by atoms with Gasteiger partial charge in [-0.3, -0.25) is 14.5 Å². The highest BCUT2D eigenvalue weighted by Gasteiger charge is 2.47. The molecule has 0 aliphatic carbocycles. The Kier molecular flexibility index (Phi) is 4.78. The Morgan fingerprint density at radius 2 is 1.97 bits per heavy atom. The SMILES string of the molecule is CC1(C)C=C(CSc2nc3ccccc3[nH]2)c2cc(F)cc3c2N1C(=O)/C3=C1\SC(=S)NC1=O. The number of H-pyrrole nitrogens is 1. The van der Waals surface area contributed by atoms with Crippen molar-refractivity contribution in [3.63, 3.8) is 0 Å². The zero-order valence-electron chi connectivity index (χ0n) is 18.1. The van der Waals surface area contributed by atoms with E-state index in [1.54, 1.807) is 4.90 Å². The maximum absolute atomic E-state index is 14.9. The quantitative estimate of drug-likeness (QED) is 0.299. The number of carbonyl (C=O) groups is 2. The van der Waals surface area contributed by atoms with Gasteiger partial charge < -0.3 is 10.3 Å². The summed E-state index contributed by atoms with van der Waals surface area (Å²) in [4.78, 5) is 35.9. The lowest BCUT2D eigenvalue weighted by Gasteiger charge is -2.39. The molecule has 2 aromatic carbocycles. The van der Waals surface area contributed by atoms with Crippen molar-refractivity contribution in [2.45, 2.75) is 24.5 Å². The Balaban J connectivity index is 1.45. The average molecular weight is 509 g/mol. The van der Waals surface area contributed by atoms with Crippen LogP contribution in [0.3, 0.4) is 0 Å².